The summed E-state index contributed by atoms with van der Waals surface area (Å²) in [5.41, 5.74) is 3.99. The van der Waals surface area contributed by atoms with Gasteiger partial charge in [0.15, 0.2) is 8.32 Å². The van der Waals surface area contributed by atoms with Crippen LogP contribution < -0.4 is 5.32 Å². The van der Waals surface area contributed by atoms with Crippen LogP contribution in [0.15, 0.2) is 9.98 Å². The average molecular weight is 672 g/mol. The number of nitrogens with zero attached hydrogens (tertiary/aromatic N) is 2. The Kier molecular flexibility index (Phi) is 13.7. The Hall–Kier alpha value is -0.523. The second-order valence-corrected chi connectivity index (χ2v) is 26.0. The second kappa shape index (κ2) is 15.8. The van der Waals surface area contributed by atoms with Crippen molar-refractivity contribution in [1.82, 2.24) is 5.32 Å². The minimum absolute atomic E-state index is 0.267. The number of hydrogen-bond donors (Lipinski definition) is 1. The van der Waals surface area contributed by atoms with E-state index in [-0.39, 0.29) is 10.8 Å². The lowest BCUT2D eigenvalue weighted by Crippen LogP contribution is -2.51. The van der Waals surface area contributed by atoms with Gasteiger partial charge in [-0.15, -0.1) is 0 Å². The van der Waals surface area contributed by atoms with Gasteiger partial charge in [0.05, 0.1) is 12.1 Å². The van der Waals surface area contributed by atoms with E-state index in [0.29, 0.717) is 46.8 Å². The molecular formula is C42H81N3OSi. The summed E-state index contributed by atoms with van der Waals surface area (Å²) in [5.74, 6) is 2.76. The van der Waals surface area contributed by atoms with E-state index in [0.717, 1.165) is 31.3 Å². The van der Waals surface area contributed by atoms with Gasteiger partial charge in [-0.05, 0) is 143 Å². The van der Waals surface area contributed by atoms with E-state index in [1.807, 2.05) is 0 Å². The summed E-state index contributed by atoms with van der Waals surface area (Å²) in [6, 6.07) is 1.52. The fourth-order valence-corrected chi connectivity index (χ4v) is 9.98. The molecule has 3 rings (SSSR count). The molecule has 8 atom stereocenters. The first kappa shape index (κ1) is 40.9. The Morgan fingerprint density at radius 2 is 1.11 bits per heavy atom. The molecule has 0 amide bonds. The Morgan fingerprint density at radius 1 is 0.638 bits per heavy atom. The van der Waals surface area contributed by atoms with Gasteiger partial charge in [-0.2, -0.15) is 0 Å². The molecule has 0 radical (unpaired) electrons. The molecular weight excluding hydrogens is 591 g/mol. The van der Waals surface area contributed by atoms with E-state index in [1.165, 1.54) is 69.2 Å². The second-order valence-electron chi connectivity index (χ2n) is 21.5. The predicted octanol–water partition coefficient (Wildman–Crippen LogP) is 11.8. The van der Waals surface area contributed by atoms with Crippen LogP contribution in [0.1, 0.15) is 161 Å². The maximum absolute atomic E-state index is 6.35. The quantitative estimate of drug-likeness (QED) is 0.151. The molecule has 1 heterocycles. The first-order valence-electron chi connectivity index (χ1n) is 19.9. The number of aliphatic imine (C=N–C) groups is 2. The van der Waals surface area contributed by atoms with Crippen LogP contribution in [0.5, 0.6) is 0 Å². The van der Waals surface area contributed by atoms with Crippen molar-refractivity contribution in [2.75, 3.05) is 6.61 Å². The van der Waals surface area contributed by atoms with Crippen molar-refractivity contribution >= 4 is 19.7 Å². The van der Waals surface area contributed by atoms with Crippen molar-refractivity contribution in [3.63, 3.8) is 0 Å². The van der Waals surface area contributed by atoms with Crippen molar-refractivity contribution in [3.05, 3.63) is 0 Å². The maximum atomic E-state index is 6.35. The molecule has 0 aromatic carbocycles. The molecule has 5 heteroatoms. The SMILES string of the molecule is CC(=NC1CC(C(C)(C)C)CCC1C(C)(C)C)C1CCCC(C(CCCO[Si](C)(C)C)=NC2CC(C(C)(C)C)CCC2C(C)(C)C)N1. The van der Waals surface area contributed by atoms with Gasteiger partial charge in [-0.25, -0.2) is 0 Å². The van der Waals surface area contributed by atoms with Crippen LogP contribution in [0.3, 0.4) is 0 Å². The molecule has 1 saturated heterocycles. The molecule has 0 bridgehead atoms. The highest BCUT2D eigenvalue weighted by Crippen LogP contribution is 2.48. The molecule has 0 aromatic heterocycles. The highest BCUT2D eigenvalue weighted by atomic mass is 28.4. The van der Waals surface area contributed by atoms with Crippen LogP contribution in [-0.4, -0.2) is 50.5 Å². The lowest BCUT2D eigenvalue weighted by molar-refractivity contribution is 0.0776. The molecule has 0 aromatic rings. The molecule has 8 unspecified atom stereocenters. The predicted molar refractivity (Wildman–Crippen MR) is 211 cm³/mol. The van der Waals surface area contributed by atoms with E-state index in [4.69, 9.17) is 14.4 Å². The Morgan fingerprint density at radius 3 is 1.55 bits per heavy atom. The largest absolute Gasteiger partial charge is 0.418 e. The minimum atomic E-state index is -1.53. The van der Waals surface area contributed by atoms with E-state index >= 15 is 0 Å². The fourth-order valence-electron chi connectivity index (χ4n) is 9.23. The van der Waals surface area contributed by atoms with Crippen LogP contribution in [0, 0.1) is 45.3 Å². The summed E-state index contributed by atoms with van der Waals surface area (Å²) in [6.45, 7) is 39.4. The zero-order chi connectivity index (χ0) is 35.6. The molecule has 0 spiro atoms. The Bertz CT molecular complexity index is 1040. The molecule has 1 aliphatic heterocycles. The smallest absolute Gasteiger partial charge is 0.183 e. The molecule has 3 fully saturated rings. The van der Waals surface area contributed by atoms with E-state index in [1.54, 1.807) is 0 Å². The zero-order valence-electron chi connectivity index (χ0n) is 34.4. The monoisotopic (exact) mass is 672 g/mol. The Balaban J connectivity index is 1.91. The molecule has 47 heavy (non-hydrogen) atoms. The van der Waals surface area contributed by atoms with Crippen molar-refractivity contribution in [3.8, 4) is 0 Å². The average Bonchev–Trinajstić information content (AvgIpc) is 2.92. The number of nitrogens with one attached hydrogen (secondary N) is 1. The molecule has 274 valence electrons. The van der Waals surface area contributed by atoms with Gasteiger partial charge < -0.3 is 9.74 Å². The number of piperidine rings is 1. The van der Waals surface area contributed by atoms with Crippen LogP contribution in [0.4, 0.5) is 0 Å². The normalized spacial score (nSPS) is 32.9. The summed E-state index contributed by atoms with van der Waals surface area (Å²) in [5, 5.41) is 4.19. The van der Waals surface area contributed by atoms with Gasteiger partial charge in [-0.3, -0.25) is 9.98 Å². The van der Waals surface area contributed by atoms with Crippen LogP contribution >= 0.6 is 0 Å². The zero-order valence-corrected chi connectivity index (χ0v) is 35.4. The van der Waals surface area contributed by atoms with Crippen LogP contribution in [-0.2, 0) is 4.43 Å². The third-order valence-electron chi connectivity index (χ3n) is 12.4. The first-order valence-corrected chi connectivity index (χ1v) is 23.3. The van der Waals surface area contributed by atoms with Gasteiger partial charge in [0.25, 0.3) is 0 Å². The highest BCUT2D eigenvalue weighted by molar-refractivity contribution is 6.69. The maximum Gasteiger partial charge on any atom is 0.183 e. The van der Waals surface area contributed by atoms with E-state index < -0.39 is 8.32 Å². The third kappa shape index (κ3) is 12.3. The molecule has 1 N–H and O–H groups in total. The van der Waals surface area contributed by atoms with Gasteiger partial charge in [0.1, 0.15) is 0 Å². The summed E-state index contributed by atoms with van der Waals surface area (Å²) >= 11 is 0. The van der Waals surface area contributed by atoms with Gasteiger partial charge >= 0.3 is 0 Å². The molecule has 2 aliphatic carbocycles. The highest BCUT2D eigenvalue weighted by Gasteiger charge is 2.43. The van der Waals surface area contributed by atoms with Gasteiger partial charge in [-0.1, -0.05) is 83.1 Å². The lowest BCUT2D eigenvalue weighted by atomic mass is 9.62. The van der Waals surface area contributed by atoms with Crippen molar-refractivity contribution in [2.45, 2.75) is 204 Å². The van der Waals surface area contributed by atoms with Crippen molar-refractivity contribution in [1.29, 1.82) is 0 Å². The minimum Gasteiger partial charge on any atom is -0.418 e. The fraction of sp³-hybridized carbons (Fsp3) is 0.952. The summed E-state index contributed by atoms with van der Waals surface area (Å²) in [6.07, 6.45) is 13.5. The van der Waals surface area contributed by atoms with E-state index in [2.05, 4.69) is 115 Å². The van der Waals surface area contributed by atoms with Crippen molar-refractivity contribution in [2.24, 2.45) is 55.3 Å². The summed E-state index contributed by atoms with van der Waals surface area (Å²) < 4.78 is 6.35. The first-order chi connectivity index (χ1) is 21.4. The van der Waals surface area contributed by atoms with Gasteiger partial charge in [0, 0.05) is 30.1 Å². The molecule has 3 aliphatic rings. The molecule has 4 nitrogen and oxygen atoms in total. The lowest BCUT2D eigenvalue weighted by Gasteiger charge is -2.46. The molecule has 2 saturated carbocycles. The standard InChI is InChI=1S/C42H81N3OSi/c1-29(43-37-27-30(39(2,3)4)22-24-32(37)41(8,9)10)34-19-17-20-35(44-34)36(21-18-26-46-47(14,15)16)45-38-28-31(40(5,6)7)23-25-33(38)42(11,12)13/h30-35,37-38,44H,17-28H2,1-16H3. The van der Waals surface area contributed by atoms with Gasteiger partial charge in [0.2, 0.25) is 0 Å². The van der Waals surface area contributed by atoms with E-state index in [9.17, 15) is 0 Å². The summed E-state index contributed by atoms with van der Waals surface area (Å²) in [4.78, 5) is 11.5. The summed E-state index contributed by atoms with van der Waals surface area (Å²) in [7, 11) is -1.53. The van der Waals surface area contributed by atoms with Crippen LogP contribution in [0.2, 0.25) is 19.6 Å². The van der Waals surface area contributed by atoms with Crippen molar-refractivity contribution < 1.29 is 4.43 Å². The Labute approximate surface area is 295 Å². The topological polar surface area (TPSA) is 46.0 Å². The van der Waals surface area contributed by atoms with Crippen LogP contribution in [0.25, 0.3) is 0 Å². The number of rotatable bonds is 9. The third-order valence-corrected chi connectivity index (χ3v) is 13.5. The number of hydrogen-bond acceptors (Lipinski definition) is 4.